The maximum absolute atomic E-state index is 9.69. The number of rotatable bonds is 0. The van der Waals surface area contributed by atoms with Gasteiger partial charge in [0.1, 0.15) is 0 Å². The van der Waals surface area contributed by atoms with E-state index in [9.17, 15) is 4.79 Å². The third-order valence-electron chi connectivity index (χ3n) is 0.260. The van der Waals surface area contributed by atoms with Gasteiger partial charge in [-0.05, 0) is 0 Å². The second-order valence-electron chi connectivity index (χ2n) is 0.779. The van der Waals surface area contributed by atoms with Gasteiger partial charge in [0.2, 0.25) is 0 Å². The largest absolute Gasteiger partial charge is 0.272 e. The van der Waals surface area contributed by atoms with Gasteiger partial charge >= 0.3 is 0 Å². The van der Waals surface area contributed by atoms with E-state index in [0.29, 0.717) is 0 Å². The molecule has 6 heavy (non-hydrogen) atoms. The summed E-state index contributed by atoms with van der Waals surface area (Å²) < 4.78 is 0. The summed E-state index contributed by atoms with van der Waals surface area (Å²) in [5.74, 6) is -0.586. The van der Waals surface area contributed by atoms with E-state index in [1.165, 1.54) is 0 Å². The number of hydrogen-bond donors (Lipinski definition) is 1. The quantitative estimate of drug-likeness (QED) is 0.278. The van der Waals surface area contributed by atoms with E-state index in [1.807, 2.05) is 0 Å². The summed E-state index contributed by atoms with van der Waals surface area (Å²) in [6, 6.07) is 0. The first-order chi connectivity index (χ1) is 2.64. The third kappa shape index (κ3) is 1.99. The molecular formula is C2H4ClNO2. The van der Waals surface area contributed by atoms with E-state index in [1.54, 1.807) is 0 Å². The predicted octanol–water partition coefficient (Wildman–Crippen LogP) is 0.378. The molecule has 0 aliphatic rings. The molecule has 0 fully saturated rings. The smallest absolute Gasteiger partial charge is 0.258 e. The Hall–Kier alpha value is -0.280. The molecule has 0 aliphatic heterocycles. The number of carbonyl (C=O) groups excluding carboxylic acids is 1. The molecule has 0 rings (SSSR count). The number of hydroxylamine groups is 1. The van der Waals surface area contributed by atoms with Crippen molar-refractivity contribution in [3.8, 4) is 0 Å². The predicted molar refractivity (Wildman–Crippen MR) is 20.2 cm³/mol. The minimum absolute atomic E-state index is 0. The van der Waals surface area contributed by atoms with Gasteiger partial charge in [-0.1, -0.05) is 0 Å². The molecule has 36 valence electrons. The Kier molecular flexibility index (Phi) is 1.90. The van der Waals surface area contributed by atoms with Gasteiger partial charge in [-0.25, -0.2) is 0 Å². The number of amides is 1. The van der Waals surface area contributed by atoms with Gasteiger partial charge < -0.3 is 0 Å². The average molecular weight is 110 g/mol. The lowest BCUT2D eigenvalue weighted by Crippen LogP contribution is -2.11. The molecule has 0 aliphatic carbocycles. The van der Waals surface area contributed by atoms with Crippen LogP contribution in [0, 0.1) is 0 Å². The lowest BCUT2D eigenvalue weighted by molar-refractivity contribution is -0.143. The minimum atomic E-state index is -0.586. The van der Waals surface area contributed by atoms with Crippen LogP contribution < -0.4 is 0 Å². The zero-order valence-corrected chi connectivity index (χ0v) is 3.94. The molecule has 0 bridgehead atoms. The van der Waals surface area contributed by atoms with Crippen molar-refractivity contribution in [2.24, 2.45) is 0 Å². The van der Waals surface area contributed by atoms with Crippen LogP contribution >= 0.6 is 11.8 Å². The Labute approximate surface area is 40.2 Å². The number of hydrogen-bond acceptors (Lipinski definition) is 2. The lowest BCUT2D eigenvalue weighted by atomic mass is 10.8. The number of halogens is 1. The maximum atomic E-state index is 9.69. The SMILES string of the molecule is CC(=O)N(O)Cl. The summed E-state index contributed by atoms with van der Waals surface area (Å²) in [5.41, 5.74) is 0. The van der Waals surface area contributed by atoms with Crippen molar-refractivity contribution >= 4 is 17.7 Å². The van der Waals surface area contributed by atoms with E-state index >= 15 is 0 Å². The minimum Gasteiger partial charge on any atom is -0.272 e. The van der Waals surface area contributed by atoms with Crippen molar-refractivity contribution in [3.63, 3.8) is 0 Å². The van der Waals surface area contributed by atoms with Gasteiger partial charge in [0.05, 0.1) is 0 Å². The van der Waals surface area contributed by atoms with Crippen LogP contribution in [0.2, 0.25) is 0 Å². The molecule has 0 atom stereocenters. The molecule has 0 saturated heterocycles. The van der Waals surface area contributed by atoms with Crippen LogP contribution in [0.5, 0.6) is 0 Å². The van der Waals surface area contributed by atoms with Crippen molar-refractivity contribution in [2.45, 2.75) is 6.92 Å². The normalized spacial score (nSPS) is 7.83. The standard InChI is InChI=1S/C2H4ClNO2/c1-2(5)4(3)6/h6H,1H3. The Morgan fingerprint density at radius 1 is 2.00 bits per heavy atom. The van der Waals surface area contributed by atoms with Crippen LogP contribution in [0.3, 0.4) is 0 Å². The molecule has 0 heterocycles. The fourth-order valence-corrected chi connectivity index (χ4v) is 0. The molecule has 3 nitrogen and oxygen atoms in total. The van der Waals surface area contributed by atoms with E-state index in [0.717, 1.165) is 6.92 Å². The molecule has 1 amide bonds. The highest BCUT2D eigenvalue weighted by atomic mass is 35.5. The summed E-state index contributed by atoms with van der Waals surface area (Å²) in [6.45, 7) is 1.15. The highest BCUT2D eigenvalue weighted by Crippen LogP contribution is 1.83. The van der Waals surface area contributed by atoms with Crippen LogP contribution in [0.15, 0.2) is 0 Å². The highest BCUT2D eigenvalue weighted by molar-refractivity contribution is 6.19. The zero-order valence-electron chi connectivity index (χ0n) is 3.18. The number of nitrogens with zero attached hydrogens (tertiary/aromatic N) is 1. The maximum Gasteiger partial charge on any atom is 0.258 e. The molecule has 0 aromatic heterocycles. The molecule has 1 N–H and O–H groups in total. The molecule has 0 aromatic carbocycles. The first kappa shape index (κ1) is 5.72. The molecular weight excluding hydrogens is 105 g/mol. The Morgan fingerprint density at radius 3 is 2.17 bits per heavy atom. The van der Waals surface area contributed by atoms with Crippen LogP contribution in [0.1, 0.15) is 6.92 Å². The second-order valence-corrected chi connectivity index (χ2v) is 1.10. The fourth-order valence-electron chi connectivity index (χ4n) is 0. The van der Waals surface area contributed by atoms with Crippen molar-refractivity contribution in [3.05, 3.63) is 0 Å². The lowest BCUT2D eigenvalue weighted by Gasteiger charge is -1.94. The number of carbonyl (C=O) groups is 1. The summed E-state index contributed by atoms with van der Waals surface area (Å²) in [4.78, 5) is 9.69. The summed E-state index contributed by atoms with van der Waals surface area (Å²) in [5, 5.41) is 7.88. The van der Waals surface area contributed by atoms with Crippen molar-refractivity contribution in [1.29, 1.82) is 0 Å². The highest BCUT2D eigenvalue weighted by Gasteiger charge is 1.94. The second kappa shape index (κ2) is 2.00. The van der Waals surface area contributed by atoms with E-state index in [4.69, 9.17) is 5.21 Å². The topological polar surface area (TPSA) is 40.5 Å². The van der Waals surface area contributed by atoms with Crippen LogP contribution in [0.4, 0.5) is 0 Å². The van der Waals surface area contributed by atoms with Gasteiger partial charge in [-0.15, -0.1) is 4.58 Å². The fraction of sp³-hybridized carbons (Fsp3) is 0.500. The first-order valence-electron chi connectivity index (χ1n) is 1.30. The van der Waals surface area contributed by atoms with Gasteiger partial charge in [0, 0.05) is 18.7 Å². The van der Waals surface area contributed by atoms with Gasteiger partial charge in [-0.3, -0.25) is 10.0 Å². The first-order valence-corrected chi connectivity index (χ1v) is 1.63. The molecule has 0 radical (unpaired) electrons. The van der Waals surface area contributed by atoms with E-state index in [-0.39, 0.29) is 4.58 Å². The van der Waals surface area contributed by atoms with Crippen LogP contribution in [0.25, 0.3) is 0 Å². The average Bonchev–Trinajstić information content (AvgIpc) is 1.36. The monoisotopic (exact) mass is 109 g/mol. The van der Waals surface area contributed by atoms with Gasteiger partial charge in [0.25, 0.3) is 5.91 Å². The van der Waals surface area contributed by atoms with Crippen molar-refractivity contribution in [1.82, 2.24) is 4.58 Å². The Balaban J connectivity index is 3.26. The molecule has 0 aromatic rings. The summed E-state index contributed by atoms with van der Waals surface area (Å²) >= 11 is 4.65. The third-order valence-corrected chi connectivity index (χ3v) is 0.498. The summed E-state index contributed by atoms with van der Waals surface area (Å²) in [7, 11) is 0. The molecule has 0 spiro atoms. The molecule has 0 unspecified atom stereocenters. The zero-order chi connectivity index (χ0) is 5.15. The molecule has 4 heteroatoms. The molecule has 0 saturated carbocycles. The Bertz CT molecular complexity index is 62.6. The van der Waals surface area contributed by atoms with Gasteiger partial charge in [0.15, 0.2) is 0 Å². The van der Waals surface area contributed by atoms with E-state index < -0.39 is 5.91 Å². The Morgan fingerprint density at radius 2 is 2.17 bits per heavy atom. The van der Waals surface area contributed by atoms with Crippen LogP contribution in [-0.4, -0.2) is 15.7 Å². The van der Waals surface area contributed by atoms with E-state index in [2.05, 4.69) is 11.8 Å². The van der Waals surface area contributed by atoms with Crippen molar-refractivity contribution in [2.75, 3.05) is 0 Å². The van der Waals surface area contributed by atoms with Crippen LogP contribution in [-0.2, 0) is 4.79 Å². The van der Waals surface area contributed by atoms with Crippen molar-refractivity contribution < 1.29 is 10.0 Å². The summed E-state index contributed by atoms with van der Waals surface area (Å²) in [6.07, 6.45) is 0. The van der Waals surface area contributed by atoms with Gasteiger partial charge in [-0.2, -0.15) is 0 Å².